The molecule has 0 bridgehead atoms. The van der Waals surface area contributed by atoms with Crippen LogP contribution in [-0.2, 0) is 23.6 Å². The van der Waals surface area contributed by atoms with Crippen LogP contribution >= 0.6 is 0 Å². The second-order valence-electron chi connectivity index (χ2n) is 4.28. The molecular formula is C12H24N2O5S. The normalized spacial score (nSPS) is 12.2. The van der Waals surface area contributed by atoms with E-state index in [4.69, 9.17) is 0 Å². The van der Waals surface area contributed by atoms with E-state index in [2.05, 4.69) is 18.6 Å². The lowest BCUT2D eigenvalue weighted by Gasteiger charge is -2.06. The number of hydrogen-bond donors (Lipinski definition) is 1. The lowest BCUT2D eigenvalue weighted by atomic mass is 10.3. The summed E-state index contributed by atoms with van der Waals surface area (Å²) in [7, 11) is 0.0496. The number of amides is 1. The Morgan fingerprint density at radius 3 is 2.60 bits per heavy atom. The Morgan fingerprint density at radius 2 is 2.00 bits per heavy atom. The van der Waals surface area contributed by atoms with Gasteiger partial charge in [-0.1, -0.05) is 6.08 Å². The van der Waals surface area contributed by atoms with E-state index in [1.165, 1.54) is 6.08 Å². The van der Waals surface area contributed by atoms with E-state index >= 15 is 0 Å². The molecule has 7 nitrogen and oxygen atoms in total. The Labute approximate surface area is 121 Å². The van der Waals surface area contributed by atoms with Gasteiger partial charge in [0.15, 0.2) is 0 Å². The largest absolute Gasteiger partial charge is 0.399 e. The van der Waals surface area contributed by atoms with Crippen molar-refractivity contribution in [1.82, 2.24) is 10.2 Å². The van der Waals surface area contributed by atoms with E-state index in [0.29, 0.717) is 0 Å². The van der Waals surface area contributed by atoms with Crippen molar-refractivity contribution in [2.24, 2.45) is 0 Å². The maximum atomic E-state index is 11.3. The molecule has 1 amide bonds. The zero-order valence-corrected chi connectivity index (χ0v) is 13.1. The van der Waals surface area contributed by atoms with Gasteiger partial charge in [-0.15, -0.1) is 0 Å². The second kappa shape index (κ2) is 10.8. The summed E-state index contributed by atoms with van der Waals surface area (Å²) >= 11 is 0. The van der Waals surface area contributed by atoms with E-state index in [-0.39, 0.29) is 25.7 Å². The summed E-state index contributed by atoms with van der Waals surface area (Å²) in [5.74, 6) is -0.271. The average Bonchev–Trinajstić information content (AvgIpc) is 2.34. The molecule has 20 heavy (non-hydrogen) atoms. The minimum absolute atomic E-state index is 0.0182. The van der Waals surface area contributed by atoms with Gasteiger partial charge in [0.1, 0.15) is 0 Å². The Balaban J connectivity index is 3.66. The molecule has 0 radical (unpaired) electrons. The van der Waals surface area contributed by atoms with Gasteiger partial charge in [0, 0.05) is 6.54 Å². The molecule has 118 valence electrons. The number of carbonyl (C=O) groups excluding carboxylic acids is 1. The molecule has 8 heteroatoms. The first-order valence-corrected chi connectivity index (χ1v) is 7.83. The first kappa shape index (κ1) is 19.0. The summed E-state index contributed by atoms with van der Waals surface area (Å²) in [4.78, 5) is 13.4. The molecule has 0 aromatic rings. The predicted octanol–water partition coefficient (Wildman–Crippen LogP) is 0.299. The van der Waals surface area contributed by atoms with Crippen LogP contribution in [0, 0.1) is 0 Å². The molecule has 1 N–H and O–H groups in total. The summed E-state index contributed by atoms with van der Waals surface area (Å²) in [6.07, 6.45) is 5.02. The first-order valence-electron chi connectivity index (χ1n) is 6.50. The minimum atomic E-state index is -3.94. The molecule has 0 atom stereocenters. The van der Waals surface area contributed by atoms with Crippen molar-refractivity contribution in [2.75, 3.05) is 40.4 Å². The van der Waals surface area contributed by atoms with Gasteiger partial charge in [0.05, 0.1) is 13.2 Å². The predicted molar refractivity (Wildman–Crippen MR) is 76.4 cm³/mol. The van der Waals surface area contributed by atoms with Crippen molar-refractivity contribution in [2.45, 2.75) is 19.8 Å². The van der Waals surface area contributed by atoms with Gasteiger partial charge in [-0.2, -0.15) is 8.42 Å². The van der Waals surface area contributed by atoms with Crippen molar-refractivity contribution >= 4 is 16.3 Å². The van der Waals surface area contributed by atoms with E-state index in [1.807, 2.05) is 14.1 Å². The lowest BCUT2D eigenvalue weighted by Crippen LogP contribution is -2.26. The molecule has 0 saturated carbocycles. The lowest BCUT2D eigenvalue weighted by molar-refractivity contribution is -0.116. The maximum absolute atomic E-state index is 11.3. The van der Waals surface area contributed by atoms with Crippen molar-refractivity contribution < 1.29 is 21.6 Å². The fraction of sp³-hybridized carbons (Fsp3) is 0.750. The molecule has 0 saturated heterocycles. The molecule has 0 aromatic heterocycles. The molecule has 0 aromatic carbocycles. The minimum Gasteiger partial charge on any atom is -0.350 e. The summed E-state index contributed by atoms with van der Waals surface area (Å²) in [6, 6.07) is 0. The zero-order valence-electron chi connectivity index (χ0n) is 12.3. The van der Waals surface area contributed by atoms with Gasteiger partial charge >= 0.3 is 10.4 Å². The molecule has 0 spiro atoms. The maximum Gasteiger partial charge on any atom is 0.399 e. The highest BCUT2D eigenvalue weighted by atomic mass is 32.3. The van der Waals surface area contributed by atoms with Crippen LogP contribution in [0.15, 0.2) is 12.2 Å². The standard InChI is InChI=1S/C12H24N2O5S/c1-4-18-20(16,17)19-11-9-13-12(15)8-6-5-7-10-14(2)3/h6,8H,4-5,7,9-11H2,1-3H3,(H,13,15). The third kappa shape index (κ3) is 12.1. The molecular weight excluding hydrogens is 284 g/mol. The highest BCUT2D eigenvalue weighted by Crippen LogP contribution is 1.94. The van der Waals surface area contributed by atoms with Crippen LogP contribution in [0.25, 0.3) is 0 Å². The monoisotopic (exact) mass is 308 g/mol. The molecule has 0 aliphatic heterocycles. The quantitative estimate of drug-likeness (QED) is 0.436. The van der Waals surface area contributed by atoms with Crippen LogP contribution in [0.1, 0.15) is 19.8 Å². The molecule has 0 rings (SSSR count). The van der Waals surface area contributed by atoms with Gasteiger partial charge in [-0.3, -0.25) is 4.79 Å². The highest BCUT2D eigenvalue weighted by molar-refractivity contribution is 7.81. The van der Waals surface area contributed by atoms with Crippen molar-refractivity contribution in [3.63, 3.8) is 0 Å². The summed E-state index contributed by atoms with van der Waals surface area (Å²) < 4.78 is 30.9. The van der Waals surface area contributed by atoms with Gasteiger partial charge in [0.2, 0.25) is 5.91 Å². The number of carbonyl (C=O) groups is 1. The van der Waals surface area contributed by atoms with Gasteiger partial charge in [-0.05, 0) is 46.5 Å². The summed E-state index contributed by atoms with van der Waals surface area (Å²) in [6.45, 7) is 2.49. The molecule has 0 aliphatic carbocycles. The fourth-order valence-electron chi connectivity index (χ4n) is 1.27. The molecule has 0 heterocycles. The summed E-state index contributed by atoms with van der Waals surface area (Å²) in [5, 5.41) is 2.52. The number of unbranched alkanes of at least 4 members (excludes halogenated alkanes) is 1. The van der Waals surface area contributed by atoms with Gasteiger partial charge < -0.3 is 10.2 Å². The summed E-state index contributed by atoms with van der Waals surface area (Å²) in [5.41, 5.74) is 0. The Hall–Kier alpha value is -0.960. The van der Waals surface area contributed by atoms with Crippen molar-refractivity contribution in [1.29, 1.82) is 0 Å². The van der Waals surface area contributed by atoms with Crippen LogP contribution in [0.3, 0.4) is 0 Å². The van der Waals surface area contributed by atoms with E-state index in [1.54, 1.807) is 13.0 Å². The third-order valence-corrected chi connectivity index (χ3v) is 3.12. The molecule has 0 aliphatic rings. The highest BCUT2D eigenvalue weighted by Gasteiger charge is 2.09. The van der Waals surface area contributed by atoms with Crippen LogP contribution in [0.2, 0.25) is 0 Å². The van der Waals surface area contributed by atoms with Gasteiger partial charge in [0.25, 0.3) is 0 Å². The number of nitrogens with zero attached hydrogens (tertiary/aromatic N) is 1. The van der Waals surface area contributed by atoms with E-state index in [0.717, 1.165) is 19.4 Å². The average molecular weight is 308 g/mol. The number of hydrogen-bond acceptors (Lipinski definition) is 6. The Kier molecular flexibility index (Phi) is 10.3. The number of nitrogens with one attached hydrogen (secondary N) is 1. The third-order valence-electron chi connectivity index (χ3n) is 2.14. The molecule has 0 fully saturated rings. The van der Waals surface area contributed by atoms with Crippen molar-refractivity contribution in [3.8, 4) is 0 Å². The number of allylic oxidation sites excluding steroid dienone is 1. The van der Waals surface area contributed by atoms with Gasteiger partial charge in [-0.25, -0.2) is 8.37 Å². The second-order valence-corrected chi connectivity index (χ2v) is 5.56. The zero-order chi connectivity index (χ0) is 15.4. The van der Waals surface area contributed by atoms with Crippen LogP contribution in [0.4, 0.5) is 0 Å². The molecule has 0 unspecified atom stereocenters. The topological polar surface area (TPSA) is 84.9 Å². The SMILES string of the molecule is CCOS(=O)(=O)OCCNC(=O)C=CCCCN(C)C. The van der Waals surface area contributed by atoms with Crippen LogP contribution in [0.5, 0.6) is 0 Å². The smallest absolute Gasteiger partial charge is 0.350 e. The number of rotatable bonds is 11. The van der Waals surface area contributed by atoms with E-state index < -0.39 is 10.4 Å². The Bertz CT molecular complexity index is 393. The van der Waals surface area contributed by atoms with E-state index in [9.17, 15) is 13.2 Å². The Morgan fingerprint density at radius 1 is 1.30 bits per heavy atom. The first-order chi connectivity index (χ1) is 9.37. The fourth-order valence-corrected chi connectivity index (χ4v) is 1.92. The van der Waals surface area contributed by atoms with Crippen LogP contribution < -0.4 is 5.32 Å². The van der Waals surface area contributed by atoms with Crippen LogP contribution in [-0.4, -0.2) is 59.6 Å². The van der Waals surface area contributed by atoms with Crippen molar-refractivity contribution in [3.05, 3.63) is 12.2 Å².